The van der Waals surface area contributed by atoms with E-state index in [9.17, 15) is 132 Å². The minimum absolute atomic E-state index is 0.582. The fourth-order valence-corrected chi connectivity index (χ4v) is 7.62. The molecule has 0 atom stereocenters. The minimum Gasteiger partial charge on any atom is -0.287 e. The average molecular weight is 1150 g/mol. The van der Waals surface area contributed by atoms with E-state index in [4.69, 9.17) is 0 Å². The number of aromatic nitrogens is 2. The number of hydrogen-bond donors (Lipinski definition) is 0. The molecule has 0 spiro atoms. The Morgan fingerprint density at radius 1 is 0.338 bits per heavy atom. The van der Waals surface area contributed by atoms with Crippen LogP contribution in [0.15, 0.2) is 97.6 Å². The van der Waals surface area contributed by atoms with Crippen LogP contribution in [-0.2, 0) is 56.0 Å². The smallest absolute Gasteiger partial charge is 0.287 e. The standard InChI is InChI=1S/C32H12BF24.C12H6F5N2O/c34-25(35,36)13-1-14(26(37,38)39)6-21(5-13)33(22-7-15(27(40,41)42)2-16(8-22)28(43,44)45,23-9-17(29(46,47)48)3-18(10-23)30(49,50)51)24-11-19(31(52,53)54)4-20(12-24)32(55,56)57;13-8-7(9(14)11(16)12(17)10(8)15)6(20)5-19-3-1-18-2-4-19/h1-12H;1-4H,5H2/q-1;+1. The molecule has 0 fully saturated rings. The molecule has 0 unspecified atom stereocenters. The first-order valence-corrected chi connectivity index (χ1v) is 19.9. The molecule has 0 saturated carbocycles. The summed E-state index contributed by atoms with van der Waals surface area (Å²) in [4.78, 5) is 15.3. The molecule has 0 radical (unpaired) electrons. The molecule has 77 heavy (non-hydrogen) atoms. The van der Waals surface area contributed by atoms with Gasteiger partial charge in [0.1, 0.15) is 11.7 Å². The van der Waals surface area contributed by atoms with Gasteiger partial charge < -0.3 is 0 Å². The van der Waals surface area contributed by atoms with Gasteiger partial charge in [0.2, 0.25) is 18.1 Å². The van der Waals surface area contributed by atoms with Crippen LogP contribution < -0.4 is 26.4 Å². The zero-order valence-electron chi connectivity index (χ0n) is 36.3. The molecule has 0 bridgehead atoms. The average Bonchev–Trinajstić information content (AvgIpc) is 3.28. The molecule has 0 saturated heterocycles. The van der Waals surface area contributed by atoms with E-state index in [0.717, 1.165) is 0 Å². The second-order valence-electron chi connectivity index (χ2n) is 16.0. The van der Waals surface area contributed by atoms with Gasteiger partial charge in [-0.2, -0.15) is 132 Å². The highest BCUT2D eigenvalue weighted by atomic mass is 19.4. The van der Waals surface area contributed by atoms with Crippen LogP contribution in [0.5, 0.6) is 0 Å². The fourth-order valence-electron chi connectivity index (χ4n) is 7.62. The maximum absolute atomic E-state index is 14.2. The first-order valence-electron chi connectivity index (χ1n) is 19.9. The van der Waals surface area contributed by atoms with Crippen molar-refractivity contribution in [3.8, 4) is 0 Å². The lowest BCUT2D eigenvalue weighted by molar-refractivity contribution is -0.683. The number of rotatable bonds is 7. The van der Waals surface area contributed by atoms with Crippen LogP contribution in [0.1, 0.15) is 54.9 Å². The molecule has 33 heteroatoms. The van der Waals surface area contributed by atoms with E-state index in [2.05, 4.69) is 4.98 Å². The molecule has 0 aliphatic heterocycles. The number of benzene rings is 5. The zero-order valence-corrected chi connectivity index (χ0v) is 36.3. The van der Waals surface area contributed by atoms with Gasteiger partial charge in [0.25, 0.3) is 0 Å². The lowest BCUT2D eigenvalue weighted by Gasteiger charge is -2.46. The molecule has 3 nitrogen and oxygen atoms in total. The summed E-state index contributed by atoms with van der Waals surface area (Å²) in [5, 5.41) is 0. The highest BCUT2D eigenvalue weighted by Crippen LogP contribution is 2.41. The molecular formula is C44H18BF29N2O. The van der Waals surface area contributed by atoms with Gasteiger partial charge in [-0.15, -0.1) is 0 Å². The van der Waals surface area contributed by atoms with Crippen LogP contribution in [0.4, 0.5) is 127 Å². The molecule has 0 N–H and O–H groups in total. The Balaban J connectivity index is 0.000000455. The first kappa shape index (κ1) is 60.7. The second kappa shape index (κ2) is 20.4. The van der Waals surface area contributed by atoms with Crippen molar-refractivity contribution in [2.75, 3.05) is 0 Å². The van der Waals surface area contributed by atoms with Gasteiger partial charge in [-0.25, -0.2) is 22.0 Å². The van der Waals surface area contributed by atoms with Crippen molar-refractivity contribution in [3.05, 3.63) is 177 Å². The Kier molecular flexibility index (Phi) is 16.1. The summed E-state index contributed by atoms with van der Waals surface area (Å²) in [6, 6.07) is -8.81. The Morgan fingerprint density at radius 3 is 0.727 bits per heavy atom. The number of halogens is 29. The van der Waals surface area contributed by atoms with E-state index in [1.807, 2.05) is 0 Å². The Labute approximate surface area is 408 Å². The van der Waals surface area contributed by atoms with Crippen molar-refractivity contribution in [1.82, 2.24) is 4.98 Å². The molecule has 1 aromatic heterocycles. The molecule has 0 amide bonds. The summed E-state index contributed by atoms with van der Waals surface area (Å²) in [5.41, 5.74) is -31.7. The largest absolute Gasteiger partial charge is 0.416 e. The highest BCUT2D eigenvalue weighted by molar-refractivity contribution is 7.20. The van der Waals surface area contributed by atoms with Crippen molar-refractivity contribution >= 4 is 33.8 Å². The maximum atomic E-state index is 14.2. The van der Waals surface area contributed by atoms with Crippen molar-refractivity contribution in [3.63, 3.8) is 0 Å². The van der Waals surface area contributed by atoms with Crippen LogP contribution in [-0.4, -0.2) is 16.9 Å². The quantitative estimate of drug-likeness (QED) is 0.0399. The summed E-state index contributed by atoms with van der Waals surface area (Å²) >= 11 is 0. The van der Waals surface area contributed by atoms with E-state index in [1.165, 1.54) is 29.4 Å². The summed E-state index contributed by atoms with van der Waals surface area (Å²) < 4.78 is 408. The second-order valence-corrected chi connectivity index (χ2v) is 16.0. The lowest BCUT2D eigenvalue weighted by atomic mass is 9.12. The summed E-state index contributed by atoms with van der Waals surface area (Å²) in [7, 11) is 0. The van der Waals surface area contributed by atoms with Crippen molar-refractivity contribution in [2.24, 2.45) is 0 Å². The van der Waals surface area contributed by atoms with Crippen LogP contribution >= 0.6 is 0 Å². The van der Waals surface area contributed by atoms with Crippen molar-refractivity contribution in [2.45, 2.75) is 56.0 Å². The molecule has 1 heterocycles. The van der Waals surface area contributed by atoms with Crippen LogP contribution in [0.2, 0.25) is 0 Å². The SMILES string of the molecule is FC(F)(F)c1cc([B-](c2cc(C(F)(F)F)cc(C(F)(F)F)c2)(c2cc(C(F)(F)F)cc(C(F)(F)F)c2)c2cc(C(F)(F)F)cc(C(F)(F)F)c2)cc(C(F)(F)F)c1.O=C(C[n+]1ccncc1)c1c(F)c(F)c(F)c(F)c1F. The number of carbonyl (C=O) groups is 1. The van der Waals surface area contributed by atoms with Crippen molar-refractivity contribution in [1.29, 1.82) is 0 Å². The summed E-state index contributed by atoms with van der Waals surface area (Å²) in [6.07, 6.45) is -49.6. The monoisotopic (exact) mass is 1150 g/mol. The van der Waals surface area contributed by atoms with Gasteiger partial charge in [0.05, 0.1) is 56.9 Å². The Bertz CT molecular complexity index is 2710. The predicted molar refractivity (Wildman–Crippen MR) is 205 cm³/mol. The third-order valence-electron chi connectivity index (χ3n) is 10.9. The van der Waals surface area contributed by atoms with E-state index < -0.39 is 242 Å². The number of alkyl halides is 24. The topological polar surface area (TPSA) is 33.8 Å². The predicted octanol–water partition coefficient (Wildman–Crippen LogP) is 13.2. The molecular weight excluding hydrogens is 1130 g/mol. The van der Waals surface area contributed by atoms with Gasteiger partial charge >= 0.3 is 49.4 Å². The molecule has 6 aromatic rings. The van der Waals surface area contributed by atoms with E-state index in [1.54, 1.807) is 0 Å². The number of hydrogen-bond acceptors (Lipinski definition) is 2. The fraction of sp³-hybridized carbons (Fsp3) is 0.205. The Hall–Kier alpha value is -7.12. The third kappa shape index (κ3) is 13.2. The molecule has 0 aliphatic carbocycles. The first-order chi connectivity index (χ1) is 34.7. The van der Waals surface area contributed by atoms with Gasteiger partial charge in [-0.1, -0.05) is 48.5 Å². The maximum Gasteiger partial charge on any atom is 0.416 e. The number of carbonyl (C=O) groups excluding carboxylic acids is 1. The molecule has 5 aromatic carbocycles. The highest BCUT2D eigenvalue weighted by Gasteiger charge is 2.47. The van der Waals surface area contributed by atoms with Crippen LogP contribution in [0.25, 0.3) is 0 Å². The van der Waals surface area contributed by atoms with Gasteiger partial charge in [0.15, 0.2) is 35.7 Å². The molecule has 0 aliphatic rings. The minimum atomic E-state index is -6.13. The summed E-state index contributed by atoms with van der Waals surface area (Å²) in [5.74, 6) is -12.1. The van der Waals surface area contributed by atoms with Gasteiger partial charge in [-0.3, -0.25) is 9.78 Å². The number of Topliss-reactive ketones (excluding diaryl/α,β-unsaturated/α-hetero) is 1. The zero-order chi connectivity index (χ0) is 58.8. The normalized spacial score (nSPS) is 13.4. The van der Waals surface area contributed by atoms with Crippen molar-refractivity contribution < 1.29 is 137 Å². The number of nitrogens with zero attached hydrogens (tertiary/aromatic N) is 2. The third-order valence-corrected chi connectivity index (χ3v) is 10.9. The Morgan fingerprint density at radius 2 is 0.532 bits per heavy atom. The van der Waals surface area contributed by atoms with Gasteiger partial charge in [-0.05, 0) is 24.3 Å². The van der Waals surface area contributed by atoms with Crippen LogP contribution in [0, 0.1) is 29.1 Å². The number of ketones is 1. The summed E-state index contributed by atoms with van der Waals surface area (Å²) in [6.45, 7) is -0.582. The van der Waals surface area contributed by atoms with E-state index in [0.29, 0.717) is 0 Å². The molecule has 416 valence electrons. The lowest BCUT2D eigenvalue weighted by Crippen LogP contribution is -2.75. The molecule has 6 rings (SSSR count). The van der Waals surface area contributed by atoms with Crippen LogP contribution in [0.3, 0.4) is 0 Å². The van der Waals surface area contributed by atoms with E-state index in [-0.39, 0.29) is 0 Å². The van der Waals surface area contributed by atoms with Gasteiger partial charge in [0, 0.05) is 0 Å². The van der Waals surface area contributed by atoms with E-state index >= 15 is 0 Å².